The molecule has 0 atom stereocenters. The maximum atomic E-state index is 11.6. The Morgan fingerprint density at radius 2 is 1.94 bits per heavy atom. The van der Waals surface area contributed by atoms with E-state index < -0.39 is 11.2 Å². The first-order valence-corrected chi connectivity index (χ1v) is 5.77. The number of benzene rings is 1. The molecule has 0 spiro atoms. The minimum atomic E-state index is -0.620. The molecular formula is C11H9Cl2N3O2. The van der Waals surface area contributed by atoms with Crippen LogP contribution in [0.4, 0.5) is 5.69 Å². The van der Waals surface area contributed by atoms with Crippen molar-refractivity contribution >= 4 is 28.9 Å². The third kappa shape index (κ3) is 2.42. The zero-order chi connectivity index (χ0) is 13.3. The number of aromatic amines is 1. The van der Waals surface area contributed by atoms with Crippen molar-refractivity contribution in [3.8, 4) is 0 Å². The van der Waals surface area contributed by atoms with Crippen molar-refractivity contribution < 1.29 is 0 Å². The fourth-order valence-electron chi connectivity index (χ4n) is 1.51. The summed E-state index contributed by atoms with van der Waals surface area (Å²) in [4.78, 5) is 24.8. The average Bonchev–Trinajstić information content (AvgIpc) is 2.30. The quantitative estimate of drug-likeness (QED) is 0.820. The molecule has 2 rings (SSSR count). The normalized spacial score (nSPS) is 10.6. The lowest BCUT2D eigenvalue weighted by atomic mass is 10.2. The van der Waals surface area contributed by atoms with Crippen LogP contribution < -0.4 is 17.0 Å². The predicted octanol–water partition coefficient (Wildman–Crippen LogP) is 1.47. The van der Waals surface area contributed by atoms with E-state index in [1.165, 1.54) is 10.8 Å². The van der Waals surface area contributed by atoms with Crippen molar-refractivity contribution in [2.75, 3.05) is 5.73 Å². The van der Waals surface area contributed by atoms with E-state index in [1.54, 1.807) is 18.2 Å². The van der Waals surface area contributed by atoms with E-state index in [9.17, 15) is 9.59 Å². The monoisotopic (exact) mass is 285 g/mol. The van der Waals surface area contributed by atoms with Crippen LogP contribution in [0.15, 0.2) is 34.0 Å². The van der Waals surface area contributed by atoms with Gasteiger partial charge in [-0.25, -0.2) is 4.79 Å². The predicted molar refractivity (Wildman–Crippen MR) is 71.3 cm³/mol. The third-order valence-corrected chi connectivity index (χ3v) is 3.07. The minimum absolute atomic E-state index is 0.0692. The van der Waals surface area contributed by atoms with Crippen LogP contribution in [-0.4, -0.2) is 9.55 Å². The number of nitrogens with one attached hydrogen (secondary N) is 1. The fourth-order valence-corrected chi connectivity index (χ4v) is 1.92. The molecule has 0 aliphatic rings. The van der Waals surface area contributed by atoms with Crippen molar-refractivity contribution in [3.05, 3.63) is 60.8 Å². The molecule has 5 nitrogen and oxygen atoms in total. The lowest BCUT2D eigenvalue weighted by molar-refractivity contribution is 0.722. The van der Waals surface area contributed by atoms with Gasteiger partial charge in [0, 0.05) is 22.5 Å². The Morgan fingerprint density at radius 3 is 2.61 bits per heavy atom. The second kappa shape index (κ2) is 4.88. The Kier molecular flexibility index (Phi) is 3.45. The van der Waals surface area contributed by atoms with Crippen LogP contribution in [0.3, 0.4) is 0 Å². The van der Waals surface area contributed by atoms with Crippen LogP contribution in [0.25, 0.3) is 0 Å². The number of anilines is 1. The first kappa shape index (κ1) is 12.7. The summed E-state index contributed by atoms with van der Waals surface area (Å²) in [7, 11) is 0. The van der Waals surface area contributed by atoms with Crippen LogP contribution >= 0.6 is 23.2 Å². The summed E-state index contributed by atoms with van der Waals surface area (Å²) in [5, 5.41) is 0.379. The Balaban J connectivity index is 2.50. The molecule has 1 aromatic heterocycles. The zero-order valence-corrected chi connectivity index (χ0v) is 10.6. The molecule has 0 amide bonds. The number of rotatable bonds is 2. The van der Waals surface area contributed by atoms with E-state index in [-0.39, 0.29) is 11.6 Å². The number of nitrogen functional groups attached to an aromatic ring is 1. The van der Waals surface area contributed by atoms with E-state index in [4.69, 9.17) is 28.9 Å². The maximum Gasteiger partial charge on any atom is 0.328 e. The van der Waals surface area contributed by atoms with Gasteiger partial charge in [0.2, 0.25) is 0 Å². The standard InChI is InChI=1S/C11H9Cl2N3O2/c12-7-2-1-3-9(14)6(7)4-16-5-8(13)10(17)15-11(16)18/h1-3,5H,4,14H2,(H,15,17,18). The summed E-state index contributed by atoms with van der Waals surface area (Å²) < 4.78 is 1.24. The van der Waals surface area contributed by atoms with Crippen molar-refractivity contribution in [1.82, 2.24) is 9.55 Å². The van der Waals surface area contributed by atoms with Crippen LogP contribution in [0, 0.1) is 0 Å². The van der Waals surface area contributed by atoms with Gasteiger partial charge in [0.1, 0.15) is 5.02 Å². The van der Waals surface area contributed by atoms with Gasteiger partial charge in [0.05, 0.1) is 6.54 Å². The van der Waals surface area contributed by atoms with Gasteiger partial charge in [0.25, 0.3) is 5.56 Å². The highest BCUT2D eigenvalue weighted by molar-refractivity contribution is 6.31. The van der Waals surface area contributed by atoms with Crippen LogP contribution in [0.5, 0.6) is 0 Å². The lowest BCUT2D eigenvalue weighted by Gasteiger charge is -2.09. The molecule has 1 aromatic carbocycles. The van der Waals surface area contributed by atoms with Crippen molar-refractivity contribution in [1.29, 1.82) is 0 Å². The van der Waals surface area contributed by atoms with Gasteiger partial charge in [-0.1, -0.05) is 29.3 Å². The molecule has 7 heteroatoms. The Morgan fingerprint density at radius 1 is 1.22 bits per heavy atom. The number of H-pyrrole nitrogens is 1. The second-order valence-electron chi connectivity index (χ2n) is 3.67. The van der Waals surface area contributed by atoms with Gasteiger partial charge in [-0.3, -0.25) is 14.3 Å². The molecule has 0 bridgehead atoms. The van der Waals surface area contributed by atoms with Crippen LogP contribution in [0.2, 0.25) is 10.0 Å². The molecule has 2 aromatic rings. The molecule has 0 aliphatic heterocycles. The molecule has 0 saturated carbocycles. The smallest absolute Gasteiger partial charge is 0.328 e. The van der Waals surface area contributed by atoms with Gasteiger partial charge in [0.15, 0.2) is 0 Å². The summed E-state index contributed by atoms with van der Waals surface area (Å²) >= 11 is 11.7. The van der Waals surface area contributed by atoms with Crippen molar-refractivity contribution in [2.24, 2.45) is 0 Å². The van der Waals surface area contributed by atoms with Crippen molar-refractivity contribution in [2.45, 2.75) is 6.54 Å². The fraction of sp³-hybridized carbons (Fsp3) is 0.0909. The first-order chi connectivity index (χ1) is 8.49. The molecule has 18 heavy (non-hydrogen) atoms. The van der Waals surface area contributed by atoms with Gasteiger partial charge < -0.3 is 5.73 Å². The zero-order valence-electron chi connectivity index (χ0n) is 9.11. The molecule has 0 radical (unpaired) electrons. The molecule has 94 valence electrons. The minimum Gasteiger partial charge on any atom is -0.398 e. The Hall–Kier alpha value is -1.72. The average molecular weight is 286 g/mol. The number of hydrogen-bond acceptors (Lipinski definition) is 3. The SMILES string of the molecule is Nc1cccc(Cl)c1Cn1cc(Cl)c(=O)[nH]c1=O. The van der Waals surface area contributed by atoms with Gasteiger partial charge in [-0.2, -0.15) is 0 Å². The second-order valence-corrected chi connectivity index (χ2v) is 4.49. The molecule has 0 fully saturated rings. The lowest BCUT2D eigenvalue weighted by Crippen LogP contribution is -2.30. The number of hydrogen-bond donors (Lipinski definition) is 2. The summed E-state index contributed by atoms with van der Waals surface area (Å²) in [5.74, 6) is 0. The first-order valence-electron chi connectivity index (χ1n) is 5.01. The summed E-state index contributed by atoms with van der Waals surface area (Å²) in [6.45, 7) is 0.140. The number of nitrogens with zero attached hydrogens (tertiary/aromatic N) is 1. The molecule has 1 heterocycles. The largest absolute Gasteiger partial charge is 0.398 e. The molecular weight excluding hydrogens is 277 g/mol. The highest BCUT2D eigenvalue weighted by Gasteiger charge is 2.08. The van der Waals surface area contributed by atoms with Gasteiger partial charge in [-0.05, 0) is 12.1 Å². The Bertz CT molecular complexity index is 686. The number of halogens is 2. The summed E-state index contributed by atoms with van der Waals surface area (Å²) in [6.07, 6.45) is 1.26. The molecule has 0 aliphatic carbocycles. The highest BCUT2D eigenvalue weighted by atomic mass is 35.5. The van der Waals surface area contributed by atoms with Gasteiger partial charge >= 0.3 is 5.69 Å². The van der Waals surface area contributed by atoms with E-state index in [0.29, 0.717) is 16.3 Å². The highest BCUT2D eigenvalue weighted by Crippen LogP contribution is 2.22. The molecule has 0 unspecified atom stereocenters. The Labute approximate surface area is 112 Å². The molecule has 0 saturated heterocycles. The van der Waals surface area contributed by atoms with E-state index in [0.717, 1.165) is 0 Å². The van der Waals surface area contributed by atoms with Gasteiger partial charge in [-0.15, -0.1) is 0 Å². The maximum absolute atomic E-state index is 11.6. The molecule has 3 N–H and O–H groups in total. The summed E-state index contributed by atoms with van der Waals surface area (Å²) in [5.41, 5.74) is 5.67. The summed E-state index contributed by atoms with van der Waals surface area (Å²) in [6, 6.07) is 5.06. The van der Waals surface area contributed by atoms with E-state index in [2.05, 4.69) is 4.98 Å². The van der Waals surface area contributed by atoms with E-state index >= 15 is 0 Å². The van der Waals surface area contributed by atoms with Crippen molar-refractivity contribution in [3.63, 3.8) is 0 Å². The number of nitrogens with two attached hydrogens (primary N) is 1. The van der Waals surface area contributed by atoms with Crippen LogP contribution in [-0.2, 0) is 6.54 Å². The number of aromatic nitrogens is 2. The van der Waals surface area contributed by atoms with E-state index in [1.807, 2.05) is 0 Å². The third-order valence-electron chi connectivity index (χ3n) is 2.45. The van der Waals surface area contributed by atoms with Crippen LogP contribution in [0.1, 0.15) is 5.56 Å². The topological polar surface area (TPSA) is 80.9 Å².